The number of carbonyl (C=O) groups is 2. The van der Waals surface area contributed by atoms with Gasteiger partial charge in [0, 0.05) is 25.6 Å². The lowest BCUT2D eigenvalue weighted by Gasteiger charge is -2.12. The molecule has 8 heteroatoms. The molecule has 0 aromatic carbocycles. The Bertz CT molecular complexity index is 508. The van der Waals surface area contributed by atoms with Gasteiger partial charge in [0.25, 0.3) is 11.6 Å². The van der Waals surface area contributed by atoms with Gasteiger partial charge in [-0.1, -0.05) is 0 Å². The Labute approximate surface area is 109 Å². The lowest BCUT2D eigenvalue weighted by atomic mass is 10.2. The molecular formula is C11H15N3O5. The van der Waals surface area contributed by atoms with Gasteiger partial charge >= 0.3 is 5.97 Å². The highest BCUT2D eigenvalue weighted by Gasteiger charge is 2.18. The maximum atomic E-state index is 11.9. The van der Waals surface area contributed by atoms with Gasteiger partial charge in [0.15, 0.2) is 0 Å². The molecule has 0 saturated carbocycles. The van der Waals surface area contributed by atoms with Crippen LogP contribution >= 0.6 is 0 Å². The Hall–Kier alpha value is -2.38. The summed E-state index contributed by atoms with van der Waals surface area (Å²) < 4.78 is 1.36. The molecule has 0 bridgehead atoms. The van der Waals surface area contributed by atoms with Crippen LogP contribution in [0.4, 0.5) is 5.69 Å². The Morgan fingerprint density at radius 1 is 1.58 bits per heavy atom. The topological polar surface area (TPSA) is 114 Å². The monoisotopic (exact) mass is 269 g/mol. The van der Waals surface area contributed by atoms with Crippen LogP contribution in [0.15, 0.2) is 12.3 Å². The standard InChI is InChI=1S/C11H15N3O5/c1-7(3-4-10(15)16)12-11(17)9-5-8(14(18)19)6-13(9)2/h5-7H,3-4H2,1-2H3,(H,12,17)(H,15,16). The molecule has 0 saturated heterocycles. The van der Waals surface area contributed by atoms with E-state index in [9.17, 15) is 19.7 Å². The van der Waals surface area contributed by atoms with E-state index in [1.165, 1.54) is 23.9 Å². The first-order chi connectivity index (χ1) is 8.81. The molecule has 19 heavy (non-hydrogen) atoms. The Kier molecular flexibility index (Phi) is 4.62. The molecule has 0 aliphatic rings. The van der Waals surface area contributed by atoms with Crippen molar-refractivity contribution in [3.05, 3.63) is 28.1 Å². The maximum Gasteiger partial charge on any atom is 0.303 e. The number of hydrogen-bond donors (Lipinski definition) is 2. The summed E-state index contributed by atoms with van der Waals surface area (Å²) in [6.45, 7) is 1.68. The number of carboxylic acid groups (broad SMARTS) is 1. The summed E-state index contributed by atoms with van der Waals surface area (Å²) in [6.07, 6.45) is 1.50. The number of carbonyl (C=O) groups excluding carboxylic acids is 1. The largest absolute Gasteiger partial charge is 0.481 e. The predicted octanol–water partition coefficient (Wildman–Crippen LogP) is 0.916. The van der Waals surface area contributed by atoms with Crippen LogP contribution < -0.4 is 5.32 Å². The van der Waals surface area contributed by atoms with E-state index in [0.29, 0.717) is 6.42 Å². The third-order valence-electron chi connectivity index (χ3n) is 2.60. The minimum absolute atomic E-state index is 0.0469. The van der Waals surface area contributed by atoms with Gasteiger partial charge in [-0.25, -0.2) is 0 Å². The van der Waals surface area contributed by atoms with E-state index in [-0.39, 0.29) is 23.8 Å². The normalized spacial score (nSPS) is 11.9. The fourth-order valence-corrected chi connectivity index (χ4v) is 1.58. The third-order valence-corrected chi connectivity index (χ3v) is 2.60. The zero-order valence-corrected chi connectivity index (χ0v) is 10.6. The van der Waals surface area contributed by atoms with Crippen molar-refractivity contribution in [3.8, 4) is 0 Å². The number of aromatic nitrogens is 1. The lowest BCUT2D eigenvalue weighted by Crippen LogP contribution is -2.33. The SMILES string of the molecule is CC(CCC(=O)O)NC(=O)c1cc([N+](=O)[O-])cn1C. The zero-order valence-electron chi connectivity index (χ0n) is 10.6. The van der Waals surface area contributed by atoms with E-state index < -0.39 is 16.8 Å². The number of aliphatic carboxylic acids is 1. The number of carboxylic acids is 1. The lowest BCUT2D eigenvalue weighted by molar-refractivity contribution is -0.384. The number of aryl methyl sites for hydroxylation is 1. The predicted molar refractivity (Wildman–Crippen MR) is 65.9 cm³/mol. The second kappa shape index (κ2) is 5.98. The number of rotatable bonds is 6. The number of hydrogen-bond acceptors (Lipinski definition) is 4. The number of nitro groups is 1. The van der Waals surface area contributed by atoms with Crippen LogP contribution in [-0.2, 0) is 11.8 Å². The molecule has 8 nitrogen and oxygen atoms in total. The molecule has 0 radical (unpaired) electrons. The highest BCUT2D eigenvalue weighted by Crippen LogP contribution is 2.15. The molecule has 1 unspecified atom stereocenters. The van der Waals surface area contributed by atoms with Crippen molar-refractivity contribution >= 4 is 17.6 Å². The van der Waals surface area contributed by atoms with Crippen LogP contribution in [0.2, 0.25) is 0 Å². The molecule has 0 aliphatic heterocycles. The smallest absolute Gasteiger partial charge is 0.303 e. The molecule has 1 rings (SSSR count). The highest BCUT2D eigenvalue weighted by molar-refractivity contribution is 5.93. The van der Waals surface area contributed by atoms with Gasteiger partial charge in [-0.2, -0.15) is 0 Å². The average molecular weight is 269 g/mol. The summed E-state index contributed by atoms with van der Waals surface area (Å²) in [6, 6.07) is 0.858. The molecule has 1 aromatic rings. The van der Waals surface area contributed by atoms with Crippen molar-refractivity contribution in [1.82, 2.24) is 9.88 Å². The number of nitrogens with one attached hydrogen (secondary N) is 1. The summed E-state index contributed by atoms with van der Waals surface area (Å²) in [5, 5.41) is 21.7. The van der Waals surface area contributed by atoms with Crippen molar-refractivity contribution in [2.45, 2.75) is 25.8 Å². The van der Waals surface area contributed by atoms with E-state index >= 15 is 0 Å². The van der Waals surface area contributed by atoms with E-state index in [4.69, 9.17) is 5.11 Å². The molecule has 0 aliphatic carbocycles. The molecule has 1 aromatic heterocycles. The first kappa shape index (κ1) is 14.7. The van der Waals surface area contributed by atoms with Crippen LogP contribution in [0.5, 0.6) is 0 Å². The fraction of sp³-hybridized carbons (Fsp3) is 0.455. The van der Waals surface area contributed by atoms with Gasteiger partial charge < -0.3 is 15.0 Å². The fourth-order valence-electron chi connectivity index (χ4n) is 1.58. The number of nitrogens with zero attached hydrogens (tertiary/aromatic N) is 2. The van der Waals surface area contributed by atoms with Crippen LogP contribution in [-0.4, -0.2) is 32.5 Å². The van der Waals surface area contributed by atoms with Crippen LogP contribution in [0, 0.1) is 10.1 Å². The van der Waals surface area contributed by atoms with Gasteiger partial charge in [0.05, 0.1) is 11.1 Å². The molecule has 0 fully saturated rings. The minimum Gasteiger partial charge on any atom is -0.481 e. The number of amides is 1. The molecule has 1 amide bonds. The Morgan fingerprint density at radius 3 is 2.68 bits per heavy atom. The summed E-state index contributed by atoms with van der Waals surface area (Å²) in [5.41, 5.74) is -0.000265. The van der Waals surface area contributed by atoms with Crippen LogP contribution in [0.25, 0.3) is 0 Å². The highest BCUT2D eigenvalue weighted by atomic mass is 16.6. The maximum absolute atomic E-state index is 11.9. The summed E-state index contributed by atoms with van der Waals surface area (Å²) in [7, 11) is 1.53. The van der Waals surface area contributed by atoms with Crippen molar-refractivity contribution in [1.29, 1.82) is 0 Å². The van der Waals surface area contributed by atoms with Gasteiger partial charge in [-0.15, -0.1) is 0 Å². The van der Waals surface area contributed by atoms with Crippen molar-refractivity contribution < 1.29 is 19.6 Å². The zero-order chi connectivity index (χ0) is 14.6. The van der Waals surface area contributed by atoms with Gasteiger partial charge in [0.2, 0.25) is 0 Å². The van der Waals surface area contributed by atoms with E-state index in [1.54, 1.807) is 6.92 Å². The van der Waals surface area contributed by atoms with Crippen molar-refractivity contribution in [3.63, 3.8) is 0 Å². The molecule has 1 heterocycles. The molecule has 1 atom stereocenters. The molecule has 2 N–H and O–H groups in total. The summed E-state index contributed by atoms with van der Waals surface area (Å²) in [4.78, 5) is 32.3. The van der Waals surface area contributed by atoms with Crippen LogP contribution in [0.1, 0.15) is 30.3 Å². The minimum atomic E-state index is -0.935. The first-order valence-corrected chi connectivity index (χ1v) is 5.64. The molecule has 104 valence electrons. The van der Waals surface area contributed by atoms with Gasteiger partial charge in [-0.05, 0) is 13.3 Å². The van der Waals surface area contributed by atoms with Crippen LogP contribution in [0.3, 0.4) is 0 Å². The summed E-state index contributed by atoms with van der Waals surface area (Å²) in [5.74, 6) is -1.40. The Balaban J connectivity index is 2.67. The molecular weight excluding hydrogens is 254 g/mol. The van der Waals surface area contributed by atoms with E-state index in [1.807, 2.05) is 0 Å². The third kappa shape index (κ3) is 4.09. The summed E-state index contributed by atoms with van der Waals surface area (Å²) >= 11 is 0. The first-order valence-electron chi connectivity index (χ1n) is 5.64. The Morgan fingerprint density at radius 2 is 2.21 bits per heavy atom. The average Bonchev–Trinajstić information content (AvgIpc) is 2.69. The van der Waals surface area contributed by atoms with E-state index in [2.05, 4.69) is 5.32 Å². The second-order valence-electron chi connectivity index (χ2n) is 4.26. The van der Waals surface area contributed by atoms with Crippen molar-refractivity contribution in [2.75, 3.05) is 0 Å². The quantitative estimate of drug-likeness (QED) is 0.588. The second-order valence-corrected chi connectivity index (χ2v) is 4.26. The van der Waals surface area contributed by atoms with Gasteiger partial charge in [0.1, 0.15) is 5.69 Å². The van der Waals surface area contributed by atoms with Gasteiger partial charge in [-0.3, -0.25) is 19.7 Å². The molecule has 0 spiro atoms. The van der Waals surface area contributed by atoms with Crippen molar-refractivity contribution in [2.24, 2.45) is 7.05 Å². The van der Waals surface area contributed by atoms with E-state index in [0.717, 1.165) is 0 Å².